The van der Waals surface area contributed by atoms with Crippen LogP contribution in [-0.2, 0) is 16.2 Å². The molecular weight excluding hydrogens is 821 g/mol. The maximum atomic E-state index is 7.65. The minimum absolute atomic E-state index is 0.0158. The van der Waals surface area contributed by atoms with Gasteiger partial charge in [-0.1, -0.05) is 230 Å². The molecule has 0 unspecified atom stereocenters. The molecule has 0 atom stereocenters. The van der Waals surface area contributed by atoms with Gasteiger partial charge in [-0.15, -0.1) is 0 Å². The maximum absolute atomic E-state index is 7.65. The average molecular weight is 873 g/mol. The van der Waals surface area contributed by atoms with Crippen molar-refractivity contribution in [3.8, 4) is 33.4 Å². The van der Waals surface area contributed by atoms with Crippen LogP contribution in [0.5, 0.6) is 0 Å². The van der Waals surface area contributed by atoms with Crippen LogP contribution in [0.2, 0.25) is 0 Å². The van der Waals surface area contributed by atoms with Crippen molar-refractivity contribution in [2.45, 2.75) is 57.8 Å². The highest BCUT2D eigenvalue weighted by Crippen LogP contribution is 2.62. The molecule has 0 N–H and O–H groups in total. The van der Waals surface area contributed by atoms with E-state index in [0.29, 0.717) is 0 Å². The van der Waals surface area contributed by atoms with E-state index in [1.807, 2.05) is 0 Å². The lowest BCUT2D eigenvalue weighted by atomic mass is 9.66. The van der Waals surface area contributed by atoms with Crippen LogP contribution in [0.15, 0.2) is 211 Å². The summed E-state index contributed by atoms with van der Waals surface area (Å²) in [5.74, 6) is 0. The van der Waals surface area contributed by atoms with Gasteiger partial charge in [0.1, 0.15) is 11.2 Å². The van der Waals surface area contributed by atoms with Gasteiger partial charge in [-0.3, -0.25) is 0 Å². The summed E-state index contributed by atoms with van der Waals surface area (Å²) in [6.07, 6.45) is 0. The molecule has 0 saturated heterocycles. The molecule has 13 rings (SSSR count). The summed E-state index contributed by atoms with van der Waals surface area (Å²) in [5.41, 5.74) is 15.9. The first-order chi connectivity index (χ1) is 33.0. The second kappa shape index (κ2) is 14.6. The highest BCUT2D eigenvalue weighted by molar-refractivity contribution is 6.25. The Labute approximate surface area is 398 Å². The number of hydrogen-bond donors (Lipinski definition) is 0. The van der Waals surface area contributed by atoms with E-state index in [2.05, 4.69) is 248 Å². The molecule has 11 aromatic carbocycles. The summed E-state index contributed by atoms with van der Waals surface area (Å²) < 4.78 is 7.65. The molecule has 0 amide bonds. The van der Waals surface area contributed by atoms with Crippen LogP contribution in [0.3, 0.4) is 0 Å². The molecule has 1 heterocycles. The second-order valence-corrected chi connectivity index (χ2v) is 21.2. The van der Waals surface area contributed by atoms with Gasteiger partial charge in [-0.2, -0.15) is 0 Å². The van der Waals surface area contributed by atoms with Crippen LogP contribution in [-0.4, -0.2) is 0 Å². The number of fused-ring (bicyclic) bond motifs is 13. The Bertz CT molecular complexity index is 3950. The van der Waals surface area contributed by atoms with Crippen molar-refractivity contribution in [2.75, 3.05) is 0 Å². The smallest absolute Gasteiger partial charge is 0.140 e. The SMILES string of the molecule is CC(C)(C)c1ccc(C2(c3ccc(C(C)(C)C)cc3)c3cc(-c4cccc5ccccc45)c4ccccc4c3-c3ccc4c(oc5cc(-c6cccc7ccccc67)c6ccccc6c54)c32)cc1. The summed E-state index contributed by atoms with van der Waals surface area (Å²) in [4.78, 5) is 0. The number of rotatable bonds is 4. The summed E-state index contributed by atoms with van der Waals surface area (Å²) in [5, 5.41) is 12.1. The van der Waals surface area contributed by atoms with Crippen LogP contribution >= 0.6 is 0 Å². The van der Waals surface area contributed by atoms with Gasteiger partial charge in [-0.05, 0) is 133 Å². The summed E-state index contributed by atoms with van der Waals surface area (Å²) in [6, 6.07) is 77.7. The fourth-order valence-corrected chi connectivity index (χ4v) is 12.0. The average Bonchev–Trinajstić information content (AvgIpc) is 3.89. The Balaban J connectivity index is 1.21. The molecule has 0 radical (unpaired) electrons. The first-order valence-corrected chi connectivity index (χ1v) is 24.2. The number of furan rings is 1. The molecule has 1 aromatic heterocycles. The Morgan fingerprint density at radius 3 is 1.35 bits per heavy atom. The first kappa shape index (κ1) is 40.5. The highest BCUT2D eigenvalue weighted by atomic mass is 16.3. The van der Waals surface area contributed by atoms with Gasteiger partial charge in [0.05, 0.1) is 5.41 Å². The molecule has 0 fully saturated rings. The van der Waals surface area contributed by atoms with Crippen molar-refractivity contribution in [1.82, 2.24) is 0 Å². The Kier molecular flexibility index (Phi) is 8.72. The lowest BCUT2D eigenvalue weighted by Crippen LogP contribution is -2.29. The molecule has 1 aliphatic rings. The molecule has 1 nitrogen and oxygen atoms in total. The predicted octanol–water partition coefficient (Wildman–Crippen LogP) is 18.5. The minimum atomic E-state index is -0.761. The van der Waals surface area contributed by atoms with E-state index in [9.17, 15) is 0 Å². The summed E-state index contributed by atoms with van der Waals surface area (Å²) >= 11 is 0. The van der Waals surface area contributed by atoms with Crippen molar-refractivity contribution in [3.63, 3.8) is 0 Å². The third kappa shape index (κ3) is 5.81. The first-order valence-electron chi connectivity index (χ1n) is 24.2. The quantitative estimate of drug-likeness (QED) is 0.172. The molecule has 1 aliphatic carbocycles. The zero-order valence-electron chi connectivity index (χ0n) is 39.5. The highest BCUT2D eigenvalue weighted by Gasteiger charge is 2.50. The Morgan fingerprint density at radius 2 is 0.809 bits per heavy atom. The summed E-state index contributed by atoms with van der Waals surface area (Å²) in [6.45, 7) is 13.8. The van der Waals surface area contributed by atoms with Gasteiger partial charge in [0, 0.05) is 16.3 Å². The van der Waals surface area contributed by atoms with E-state index in [1.165, 1.54) is 110 Å². The standard InChI is InChI=1S/C67H52O/c1-65(2,3)43-29-33-45(34-30-43)67(46-35-31-44(32-36-46)66(4,5)6)59-39-57(49-27-15-19-41-17-7-9-21-47(41)49)51-23-11-13-25-53(51)61(59)55-37-38-56-62-54-26-14-12-24-52(54)58(40-60(62)68-64(56)63(55)67)50-28-16-20-42-18-8-10-22-48(42)50/h7-40H,1-6H3. The molecule has 326 valence electrons. The topological polar surface area (TPSA) is 13.1 Å². The zero-order valence-corrected chi connectivity index (χ0v) is 39.5. The van der Waals surface area contributed by atoms with Crippen LogP contribution in [0.1, 0.15) is 74.9 Å². The largest absolute Gasteiger partial charge is 0.456 e. The van der Waals surface area contributed by atoms with E-state index >= 15 is 0 Å². The molecule has 0 bridgehead atoms. The van der Waals surface area contributed by atoms with Gasteiger partial charge in [0.2, 0.25) is 0 Å². The monoisotopic (exact) mass is 872 g/mol. The van der Waals surface area contributed by atoms with E-state index in [4.69, 9.17) is 4.42 Å². The van der Waals surface area contributed by atoms with E-state index < -0.39 is 5.41 Å². The van der Waals surface area contributed by atoms with Gasteiger partial charge >= 0.3 is 0 Å². The second-order valence-electron chi connectivity index (χ2n) is 21.2. The zero-order chi connectivity index (χ0) is 46.1. The van der Waals surface area contributed by atoms with Gasteiger partial charge in [0.25, 0.3) is 0 Å². The Morgan fingerprint density at radius 1 is 0.353 bits per heavy atom. The van der Waals surface area contributed by atoms with Crippen LogP contribution in [0.4, 0.5) is 0 Å². The molecule has 0 saturated carbocycles. The van der Waals surface area contributed by atoms with Crippen molar-refractivity contribution < 1.29 is 4.42 Å². The molecule has 68 heavy (non-hydrogen) atoms. The van der Waals surface area contributed by atoms with Crippen molar-refractivity contribution in [1.29, 1.82) is 0 Å². The molecule has 0 spiro atoms. The molecule has 1 heteroatoms. The van der Waals surface area contributed by atoms with Crippen molar-refractivity contribution in [3.05, 3.63) is 240 Å². The Hall–Kier alpha value is -7.74. The fraction of sp³-hybridized carbons (Fsp3) is 0.134. The predicted molar refractivity (Wildman–Crippen MR) is 289 cm³/mol. The van der Waals surface area contributed by atoms with Crippen LogP contribution in [0, 0.1) is 0 Å². The fourth-order valence-electron chi connectivity index (χ4n) is 12.0. The third-order valence-electron chi connectivity index (χ3n) is 15.3. The maximum Gasteiger partial charge on any atom is 0.140 e. The summed E-state index contributed by atoms with van der Waals surface area (Å²) in [7, 11) is 0. The molecular formula is C67H52O. The van der Waals surface area contributed by atoms with Gasteiger partial charge in [-0.25, -0.2) is 0 Å². The third-order valence-corrected chi connectivity index (χ3v) is 15.3. The molecule has 12 aromatic rings. The van der Waals surface area contributed by atoms with Crippen molar-refractivity contribution >= 4 is 65.0 Å². The van der Waals surface area contributed by atoms with E-state index in [0.717, 1.165) is 21.9 Å². The van der Waals surface area contributed by atoms with E-state index in [1.54, 1.807) is 0 Å². The lowest BCUT2D eigenvalue weighted by Gasteiger charge is -2.35. The van der Waals surface area contributed by atoms with Crippen LogP contribution < -0.4 is 0 Å². The normalized spacial score (nSPS) is 13.6. The van der Waals surface area contributed by atoms with Crippen molar-refractivity contribution in [2.24, 2.45) is 0 Å². The van der Waals surface area contributed by atoms with Gasteiger partial charge in [0.15, 0.2) is 0 Å². The minimum Gasteiger partial charge on any atom is -0.456 e. The molecule has 0 aliphatic heterocycles. The number of benzene rings is 11. The van der Waals surface area contributed by atoms with E-state index in [-0.39, 0.29) is 10.8 Å². The number of hydrogen-bond acceptors (Lipinski definition) is 1. The lowest BCUT2D eigenvalue weighted by molar-refractivity contribution is 0.588. The van der Waals surface area contributed by atoms with Crippen LogP contribution in [0.25, 0.3) is 98.4 Å². The van der Waals surface area contributed by atoms with Gasteiger partial charge < -0.3 is 4.42 Å².